The third kappa shape index (κ3) is 3.38. The molecule has 1 atom stereocenters. The number of hydrogen-bond donors (Lipinski definition) is 2. The van der Waals surface area contributed by atoms with Crippen LogP contribution in [0.25, 0.3) is 0 Å². The smallest absolute Gasteiger partial charge is 0.324 e. The molecule has 13 heavy (non-hydrogen) atoms. The Morgan fingerprint density at radius 1 is 1.77 bits per heavy atom. The SMILES string of the molecule is N[C@@H](CS)C(=O)OCc1cccs1. The van der Waals surface area contributed by atoms with Crippen molar-refractivity contribution in [2.24, 2.45) is 5.73 Å². The monoisotopic (exact) mass is 217 g/mol. The molecule has 1 rings (SSSR count). The molecule has 5 heteroatoms. The van der Waals surface area contributed by atoms with Crippen LogP contribution in [0.2, 0.25) is 0 Å². The van der Waals surface area contributed by atoms with E-state index in [-0.39, 0.29) is 0 Å². The summed E-state index contributed by atoms with van der Waals surface area (Å²) < 4.78 is 4.94. The molecule has 0 aliphatic heterocycles. The van der Waals surface area contributed by atoms with Crippen LogP contribution in [0.15, 0.2) is 17.5 Å². The number of thiophene rings is 1. The van der Waals surface area contributed by atoms with Crippen LogP contribution in [0.5, 0.6) is 0 Å². The van der Waals surface area contributed by atoms with E-state index >= 15 is 0 Å². The fourth-order valence-corrected chi connectivity index (χ4v) is 1.48. The summed E-state index contributed by atoms with van der Waals surface area (Å²) in [7, 11) is 0. The van der Waals surface area contributed by atoms with Gasteiger partial charge in [-0.2, -0.15) is 12.6 Å². The summed E-state index contributed by atoms with van der Waals surface area (Å²) in [6, 6.07) is 3.19. The van der Waals surface area contributed by atoms with E-state index in [1.165, 1.54) is 0 Å². The van der Waals surface area contributed by atoms with Crippen LogP contribution in [0.3, 0.4) is 0 Å². The number of esters is 1. The van der Waals surface area contributed by atoms with E-state index in [1.54, 1.807) is 11.3 Å². The predicted molar refractivity (Wildman–Crippen MR) is 55.9 cm³/mol. The maximum atomic E-state index is 11.1. The van der Waals surface area contributed by atoms with Crippen molar-refractivity contribution in [3.63, 3.8) is 0 Å². The van der Waals surface area contributed by atoms with Crippen LogP contribution >= 0.6 is 24.0 Å². The Labute approximate surface area is 86.3 Å². The van der Waals surface area contributed by atoms with Crippen LogP contribution in [0.1, 0.15) is 4.88 Å². The third-order valence-electron chi connectivity index (χ3n) is 1.44. The lowest BCUT2D eigenvalue weighted by atomic mass is 10.4. The van der Waals surface area contributed by atoms with Gasteiger partial charge >= 0.3 is 5.97 Å². The van der Waals surface area contributed by atoms with Crippen molar-refractivity contribution in [2.45, 2.75) is 12.6 Å². The molecule has 1 heterocycles. The van der Waals surface area contributed by atoms with Gasteiger partial charge in [-0.3, -0.25) is 4.79 Å². The molecule has 0 radical (unpaired) electrons. The van der Waals surface area contributed by atoms with Crippen molar-refractivity contribution in [3.8, 4) is 0 Å². The average Bonchev–Trinajstić information content (AvgIpc) is 2.65. The highest BCUT2D eigenvalue weighted by Crippen LogP contribution is 2.09. The molecule has 0 fully saturated rings. The van der Waals surface area contributed by atoms with Crippen molar-refractivity contribution in [1.29, 1.82) is 0 Å². The van der Waals surface area contributed by atoms with E-state index in [0.29, 0.717) is 12.4 Å². The molecule has 2 N–H and O–H groups in total. The zero-order valence-electron chi connectivity index (χ0n) is 6.97. The topological polar surface area (TPSA) is 52.3 Å². The molecule has 0 bridgehead atoms. The second-order valence-electron chi connectivity index (χ2n) is 2.48. The Morgan fingerprint density at radius 3 is 3.08 bits per heavy atom. The van der Waals surface area contributed by atoms with Gasteiger partial charge in [-0.1, -0.05) is 6.07 Å². The summed E-state index contributed by atoms with van der Waals surface area (Å²) >= 11 is 5.45. The third-order valence-corrected chi connectivity index (χ3v) is 2.68. The van der Waals surface area contributed by atoms with E-state index in [2.05, 4.69) is 12.6 Å². The van der Waals surface area contributed by atoms with Crippen LogP contribution in [0.4, 0.5) is 0 Å². The van der Waals surface area contributed by atoms with Crippen molar-refractivity contribution in [1.82, 2.24) is 0 Å². The van der Waals surface area contributed by atoms with Crippen molar-refractivity contribution in [2.75, 3.05) is 5.75 Å². The maximum Gasteiger partial charge on any atom is 0.324 e. The largest absolute Gasteiger partial charge is 0.459 e. The van der Waals surface area contributed by atoms with Crippen LogP contribution in [0, 0.1) is 0 Å². The fraction of sp³-hybridized carbons (Fsp3) is 0.375. The summed E-state index contributed by atoms with van der Waals surface area (Å²) in [5.41, 5.74) is 5.41. The lowest BCUT2D eigenvalue weighted by Gasteiger charge is -2.07. The predicted octanol–water partition coefficient (Wildman–Crippen LogP) is 1.05. The van der Waals surface area contributed by atoms with E-state index in [9.17, 15) is 4.79 Å². The summed E-state index contributed by atoms with van der Waals surface area (Å²) in [6.07, 6.45) is 0. The lowest BCUT2D eigenvalue weighted by Crippen LogP contribution is -2.33. The molecule has 72 valence electrons. The van der Waals surface area contributed by atoms with Gasteiger partial charge < -0.3 is 10.5 Å². The fourth-order valence-electron chi connectivity index (χ4n) is 0.719. The lowest BCUT2D eigenvalue weighted by molar-refractivity contribution is -0.145. The van der Waals surface area contributed by atoms with Gasteiger partial charge in [-0.15, -0.1) is 11.3 Å². The first kappa shape index (κ1) is 10.6. The Balaban J connectivity index is 2.31. The van der Waals surface area contributed by atoms with Crippen LogP contribution in [-0.4, -0.2) is 17.8 Å². The minimum absolute atomic E-state index is 0.304. The zero-order chi connectivity index (χ0) is 9.68. The van der Waals surface area contributed by atoms with Gasteiger partial charge in [0, 0.05) is 10.6 Å². The Hall–Kier alpha value is -0.520. The normalized spacial score (nSPS) is 12.5. The first-order valence-corrected chi connectivity index (χ1v) is 5.30. The molecular formula is C8H11NO2S2. The zero-order valence-corrected chi connectivity index (χ0v) is 8.68. The molecule has 0 amide bonds. The van der Waals surface area contributed by atoms with Gasteiger partial charge in [0.1, 0.15) is 12.6 Å². The Bertz CT molecular complexity index is 261. The Kier molecular flexibility index (Phi) is 4.27. The van der Waals surface area contributed by atoms with Crippen molar-refractivity contribution in [3.05, 3.63) is 22.4 Å². The first-order valence-electron chi connectivity index (χ1n) is 3.79. The first-order chi connectivity index (χ1) is 6.24. The van der Waals surface area contributed by atoms with Gasteiger partial charge in [-0.25, -0.2) is 0 Å². The molecule has 3 nitrogen and oxygen atoms in total. The summed E-state index contributed by atoms with van der Waals surface area (Å²) in [4.78, 5) is 12.1. The molecule has 0 unspecified atom stereocenters. The van der Waals surface area contributed by atoms with Crippen molar-refractivity contribution >= 4 is 29.9 Å². The number of rotatable bonds is 4. The number of ether oxygens (including phenoxy) is 1. The standard InChI is InChI=1S/C8H11NO2S2/c9-7(5-12)8(10)11-4-6-2-1-3-13-6/h1-3,7,12H,4-5,9H2/t7-/m0/s1. The second-order valence-corrected chi connectivity index (χ2v) is 3.87. The van der Waals surface area contributed by atoms with E-state index in [4.69, 9.17) is 10.5 Å². The van der Waals surface area contributed by atoms with Gasteiger partial charge in [0.2, 0.25) is 0 Å². The molecule has 1 aromatic heterocycles. The minimum atomic E-state index is -0.622. The van der Waals surface area contributed by atoms with Crippen LogP contribution < -0.4 is 5.73 Å². The quantitative estimate of drug-likeness (QED) is 0.585. The molecular weight excluding hydrogens is 206 g/mol. The number of nitrogens with two attached hydrogens (primary N) is 1. The molecule has 0 saturated carbocycles. The highest BCUT2D eigenvalue weighted by Gasteiger charge is 2.12. The number of carbonyl (C=O) groups excluding carboxylic acids is 1. The highest BCUT2D eigenvalue weighted by molar-refractivity contribution is 7.80. The second kappa shape index (κ2) is 5.26. The Morgan fingerprint density at radius 2 is 2.54 bits per heavy atom. The molecule has 0 spiro atoms. The van der Waals surface area contributed by atoms with Crippen molar-refractivity contribution < 1.29 is 9.53 Å². The van der Waals surface area contributed by atoms with E-state index in [0.717, 1.165) is 4.88 Å². The average molecular weight is 217 g/mol. The summed E-state index contributed by atoms with van der Waals surface area (Å²) in [5, 5.41) is 1.93. The van der Waals surface area contributed by atoms with E-state index in [1.807, 2.05) is 17.5 Å². The molecule has 0 saturated heterocycles. The van der Waals surface area contributed by atoms with E-state index < -0.39 is 12.0 Å². The van der Waals surface area contributed by atoms with Gasteiger partial charge in [-0.05, 0) is 11.4 Å². The number of carbonyl (C=O) groups is 1. The molecule has 0 aliphatic rings. The summed E-state index contributed by atoms with van der Waals surface area (Å²) in [6.45, 7) is 0.304. The number of thiol groups is 1. The van der Waals surface area contributed by atoms with Crippen LogP contribution in [-0.2, 0) is 16.1 Å². The maximum absolute atomic E-state index is 11.1. The summed E-state index contributed by atoms with van der Waals surface area (Å²) in [5.74, 6) is -0.0908. The minimum Gasteiger partial charge on any atom is -0.459 e. The van der Waals surface area contributed by atoms with Gasteiger partial charge in [0.05, 0.1) is 0 Å². The molecule has 0 aliphatic carbocycles. The molecule has 0 aromatic carbocycles. The van der Waals surface area contributed by atoms with Gasteiger partial charge in [0.25, 0.3) is 0 Å². The van der Waals surface area contributed by atoms with Gasteiger partial charge in [0.15, 0.2) is 0 Å². The molecule has 1 aromatic rings. The highest BCUT2D eigenvalue weighted by atomic mass is 32.1. The number of hydrogen-bond acceptors (Lipinski definition) is 5.